The van der Waals surface area contributed by atoms with Gasteiger partial charge in [-0.15, -0.1) is 24.0 Å². The Balaban J connectivity index is 0.00000364. The first-order valence-electron chi connectivity index (χ1n) is 8.98. The zero-order valence-electron chi connectivity index (χ0n) is 16.3. The summed E-state index contributed by atoms with van der Waals surface area (Å²) in [6, 6.07) is 6.54. The minimum atomic E-state index is -3.19. The van der Waals surface area contributed by atoms with Gasteiger partial charge >= 0.3 is 0 Å². The number of halogens is 1. The highest BCUT2D eigenvalue weighted by molar-refractivity contribution is 14.0. The first kappa shape index (κ1) is 24.5. The van der Waals surface area contributed by atoms with Gasteiger partial charge in [-0.25, -0.2) is 12.7 Å². The smallest absolute Gasteiger partial charge is 0.215 e. The molecule has 1 aliphatic rings. The van der Waals surface area contributed by atoms with Gasteiger partial charge in [0.25, 0.3) is 0 Å². The van der Waals surface area contributed by atoms with Crippen LogP contribution in [0.3, 0.4) is 0 Å². The van der Waals surface area contributed by atoms with Crippen molar-refractivity contribution in [2.45, 2.75) is 20.3 Å². The third kappa shape index (κ3) is 8.57. The second kappa shape index (κ2) is 12.1. The van der Waals surface area contributed by atoms with Crippen LogP contribution in [0.5, 0.6) is 0 Å². The molecule has 9 heteroatoms. The maximum absolute atomic E-state index is 12.3. The third-order valence-corrected chi connectivity index (χ3v) is 7.04. The predicted octanol–water partition coefficient (Wildman–Crippen LogP) is 2.01. The van der Waals surface area contributed by atoms with Crippen LogP contribution < -0.4 is 10.6 Å². The lowest BCUT2D eigenvalue weighted by Gasteiger charge is -2.25. The van der Waals surface area contributed by atoms with Crippen molar-refractivity contribution in [2.24, 2.45) is 4.99 Å². The topological polar surface area (TPSA) is 73.8 Å². The summed E-state index contributed by atoms with van der Waals surface area (Å²) in [6.07, 6.45) is 0.896. The van der Waals surface area contributed by atoms with Crippen LogP contribution in [0.1, 0.15) is 16.7 Å². The molecular formula is C18H31IN4O2S2. The average Bonchev–Trinajstić information content (AvgIpc) is 2.60. The zero-order valence-corrected chi connectivity index (χ0v) is 20.3. The van der Waals surface area contributed by atoms with Gasteiger partial charge in [0.1, 0.15) is 0 Å². The molecule has 1 aromatic carbocycles. The fraction of sp³-hybridized carbons (Fsp3) is 0.611. The third-order valence-electron chi connectivity index (χ3n) is 4.23. The maximum Gasteiger partial charge on any atom is 0.215 e. The fourth-order valence-electron chi connectivity index (χ4n) is 3.01. The van der Waals surface area contributed by atoms with Gasteiger partial charge in [0.2, 0.25) is 10.0 Å². The summed E-state index contributed by atoms with van der Waals surface area (Å²) in [5, 5.41) is 6.35. The van der Waals surface area contributed by atoms with Crippen molar-refractivity contribution in [1.82, 2.24) is 14.9 Å². The molecule has 1 aromatic rings. The molecule has 0 amide bonds. The first-order chi connectivity index (χ1) is 12.4. The van der Waals surface area contributed by atoms with Crippen molar-refractivity contribution in [2.75, 3.05) is 50.5 Å². The number of nitrogens with one attached hydrogen (secondary N) is 2. The van der Waals surface area contributed by atoms with Crippen molar-refractivity contribution in [1.29, 1.82) is 0 Å². The molecule has 0 aliphatic carbocycles. The molecule has 1 aliphatic heterocycles. The Bertz CT molecular complexity index is 700. The van der Waals surface area contributed by atoms with E-state index in [4.69, 9.17) is 0 Å². The maximum atomic E-state index is 12.3. The molecule has 0 aromatic heterocycles. The molecule has 1 heterocycles. The van der Waals surface area contributed by atoms with Crippen molar-refractivity contribution in [3.05, 3.63) is 34.9 Å². The Morgan fingerprint density at radius 3 is 2.30 bits per heavy atom. The predicted molar refractivity (Wildman–Crippen MR) is 127 cm³/mol. The Labute approximate surface area is 185 Å². The van der Waals surface area contributed by atoms with Crippen LogP contribution >= 0.6 is 35.7 Å². The normalized spacial score (nSPS) is 15.9. The highest BCUT2D eigenvalue weighted by atomic mass is 127. The molecule has 0 atom stereocenters. The van der Waals surface area contributed by atoms with Gasteiger partial charge in [0, 0.05) is 44.7 Å². The molecule has 2 N–H and O–H groups in total. The Hall–Kier alpha value is -0.520. The molecule has 1 fully saturated rings. The summed E-state index contributed by atoms with van der Waals surface area (Å²) < 4.78 is 26.3. The van der Waals surface area contributed by atoms with Gasteiger partial charge in [-0.3, -0.25) is 4.99 Å². The van der Waals surface area contributed by atoms with E-state index in [1.807, 2.05) is 0 Å². The van der Waals surface area contributed by atoms with Gasteiger partial charge in [0.15, 0.2) is 5.96 Å². The fourth-order valence-corrected chi connectivity index (χ4v) is 5.50. The second-order valence-corrected chi connectivity index (χ2v) is 9.81. The van der Waals surface area contributed by atoms with E-state index in [0.29, 0.717) is 25.6 Å². The highest BCUT2D eigenvalue weighted by Gasteiger charge is 2.23. The lowest BCUT2D eigenvalue weighted by molar-refractivity contribution is 0.443. The second-order valence-electron chi connectivity index (χ2n) is 6.50. The van der Waals surface area contributed by atoms with E-state index in [1.54, 1.807) is 23.1 Å². The van der Waals surface area contributed by atoms with Gasteiger partial charge in [-0.1, -0.05) is 29.3 Å². The van der Waals surface area contributed by atoms with Crippen LogP contribution in [0, 0.1) is 13.8 Å². The van der Waals surface area contributed by atoms with Gasteiger partial charge < -0.3 is 10.6 Å². The number of aryl methyl sites for hydroxylation is 2. The van der Waals surface area contributed by atoms with E-state index in [9.17, 15) is 8.42 Å². The molecule has 0 unspecified atom stereocenters. The minimum Gasteiger partial charge on any atom is -0.356 e. The summed E-state index contributed by atoms with van der Waals surface area (Å²) in [5.74, 6) is 2.50. The van der Waals surface area contributed by atoms with E-state index >= 15 is 0 Å². The average molecular weight is 527 g/mol. The molecule has 0 bridgehead atoms. The van der Waals surface area contributed by atoms with Crippen LogP contribution in [-0.2, 0) is 16.4 Å². The number of thioether (sulfide) groups is 1. The Kier molecular flexibility index (Phi) is 11.0. The van der Waals surface area contributed by atoms with Gasteiger partial charge in [-0.2, -0.15) is 11.8 Å². The Morgan fingerprint density at radius 1 is 1.11 bits per heavy atom. The van der Waals surface area contributed by atoms with Crippen molar-refractivity contribution >= 4 is 51.7 Å². The van der Waals surface area contributed by atoms with Crippen molar-refractivity contribution in [3.8, 4) is 0 Å². The molecule has 0 radical (unpaired) electrons. The number of aliphatic imine (C=N–C) groups is 1. The molecule has 0 spiro atoms. The summed E-state index contributed by atoms with van der Waals surface area (Å²) in [6.45, 7) is 6.55. The lowest BCUT2D eigenvalue weighted by atomic mass is 10.1. The molecular weight excluding hydrogens is 495 g/mol. The SMILES string of the molecule is CN=C(NCCc1cc(C)cc(C)c1)NCCS(=O)(=O)N1CCSCC1.I. The van der Waals surface area contributed by atoms with Crippen LogP contribution in [-0.4, -0.2) is 69.2 Å². The van der Waals surface area contributed by atoms with Crippen LogP contribution in [0.2, 0.25) is 0 Å². The van der Waals surface area contributed by atoms with Crippen LogP contribution in [0.15, 0.2) is 23.2 Å². The molecule has 6 nitrogen and oxygen atoms in total. The quantitative estimate of drug-likeness (QED) is 0.323. The van der Waals surface area contributed by atoms with Gasteiger partial charge in [-0.05, 0) is 25.8 Å². The van der Waals surface area contributed by atoms with Crippen molar-refractivity contribution in [3.63, 3.8) is 0 Å². The number of nitrogens with zero attached hydrogens (tertiary/aromatic N) is 2. The monoisotopic (exact) mass is 526 g/mol. The zero-order chi connectivity index (χ0) is 19.0. The molecule has 0 saturated carbocycles. The minimum absolute atomic E-state index is 0. The van der Waals surface area contributed by atoms with E-state index in [0.717, 1.165) is 24.5 Å². The molecule has 2 rings (SSSR count). The van der Waals surface area contributed by atoms with E-state index in [1.165, 1.54) is 16.7 Å². The van der Waals surface area contributed by atoms with E-state index < -0.39 is 10.0 Å². The summed E-state index contributed by atoms with van der Waals surface area (Å²) in [5.41, 5.74) is 3.82. The van der Waals surface area contributed by atoms with Gasteiger partial charge in [0.05, 0.1) is 5.75 Å². The van der Waals surface area contributed by atoms with Crippen LogP contribution in [0.25, 0.3) is 0 Å². The van der Waals surface area contributed by atoms with Crippen molar-refractivity contribution < 1.29 is 8.42 Å². The number of benzene rings is 1. The largest absolute Gasteiger partial charge is 0.356 e. The summed E-state index contributed by atoms with van der Waals surface area (Å²) in [7, 11) is -1.49. The van der Waals surface area contributed by atoms with E-state index in [2.05, 4.69) is 47.7 Å². The summed E-state index contributed by atoms with van der Waals surface area (Å²) in [4.78, 5) is 4.17. The lowest BCUT2D eigenvalue weighted by Crippen LogP contribution is -2.44. The molecule has 27 heavy (non-hydrogen) atoms. The number of hydrogen-bond acceptors (Lipinski definition) is 4. The first-order valence-corrected chi connectivity index (χ1v) is 11.7. The number of sulfonamides is 1. The van der Waals surface area contributed by atoms with Crippen LogP contribution in [0.4, 0.5) is 0 Å². The standard InChI is InChI=1S/C18H30N4O2S2.HI/c1-15-12-16(2)14-17(13-15)4-5-20-18(19-3)21-6-11-26(23,24)22-7-9-25-10-8-22;/h12-14H,4-11H2,1-3H3,(H2,19,20,21);1H. The number of rotatable bonds is 7. The van der Waals surface area contributed by atoms with E-state index in [-0.39, 0.29) is 29.7 Å². The highest BCUT2D eigenvalue weighted by Crippen LogP contribution is 2.13. The summed E-state index contributed by atoms with van der Waals surface area (Å²) >= 11 is 1.81. The molecule has 1 saturated heterocycles. The number of hydrogen-bond donors (Lipinski definition) is 2. The Morgan fingerprint density at radius 2 is 1.70 bits per heavy atom. The molecule has 154 valence electrons. The number of guanidine groups is 1.